The number of aromatic amines is 1. The molecule has 0 bridgehead atoms. The number of carbonyl (C=O) groups is 2. The molecule has 184 valence electrons. The summed E-state index contributed by atoms with van der Waals surface area (Å²) in [6, 6.07) is 4.72. The Hall–Kier alpha value is -1.47. The minimum Gasteiger partial charge on any atom is -0.351 e. The zero-order chi connectivity index (χ0) is 25.3. The highest BCUT2D eigenvalue weighted by atomic mass is 35.5. The largest absolute Gasteiger partial charge is 0.351 e. The van der Waals surface area contributed by atoms with Crippen molar-refractivity contribution in [1.29, 1.82) is 0 Å². The first-order chi connectivity index (χ1) is 16.7. The molecular weight excluding hydrogens is 575 g/mol. The number of carbonyl (C=O) groups excluding carboxylic acids is 2. The number of benzene rings is 2. The number of fused-ring (bicyclic) bond motifs is 3. The van der Waals surface area contributed by atoms with Crippen LogP contribution in [-0.2, 0) is 11.2 Å². The van der Waals surface area contributed by atoms with Gasteiger partial charge in [0.15, 0.2) is 11.6 Å². The molecule has 1 saturated carbocycles. The molecule has 2 aliphatic rings. The van der Waals surface area contributed by atoms with Gasteiger partial charge in [0.05, 0.1) is 47.0 Å². The van der Waals surface area contributed by atoms with E-state index in [1.807, 2.05) is 0 Å². The van der Waals surface area contributed by atoms with Gasteiger partial charge in [-0.15, -0.1) is 0 Å². The van der Waals surface area contributed by atoms with E-state index in [0.717, 1.165) is 36.6 Å². The van der Waals surface area contributed by atoms with Gasteiger partial charge in [-0.3, -0.25) is 15.0 Å². The molecule has 5 rings (SSSR count). The molecule has 1 fully saturated rings. The predicted octanol–water partition coefficient (Wildman–Crippen LogP) is 9.20. The van der Waals surface area contributed by atoms with E-state index in [-0.39, 0.29) is 11.6 Å². The standard InChI is InChI=1S/C12H11Cl3N2O.C12H8Cl3NO/c13-7-5-9(15)11(6-8(7)14)17-16-10-3-1-2-4-12(10)18;13-6-4-7(14)12-9(10(6)15)5-2-1-3-8(17)11(5)16-12/h5-6,17H,1-4H2;4,16H,1-3H2/b16-10+;. The molecule has 35 heavy (non-hydrogen) atoms. The van der Waals surface area contributed by atoms with Gasteiger partial charge in [-0.05, 0) is 55.9 Å². The summed E-state index contributed by atoms with van der Waals surface area (Å²) < 4.78 is 0. The highest BCUT2D eigenvalue weighted by Gasteiger charge is 2.25. The van der Waals surface area contributed by atoms with Gasteiger partial charge in [-0.1, -0.05) is 69.6 Å². The second kappa shape index (κ2) is 11.3. The number of hydrogen-bond acceptors (Lipinski definition) is 4. The summed E-state index contributed by atoms with van der Waals surface area (Å²) in [6.45, 7) is 0. The fourth-order valence-electron chi connectivity index (χ4n) is 4.08. The molecule has 0 spiro atoms. The van der Waals surface area contributed by atoms with E-state index in [9.17, 15) is 9.59 Å². The van der Waals surface area contributed by atoms with Gasteiger partial charge in [0.25, 0.3) is 0 Å². The van der Waals surface area contributed by atoms with E-state index in [0.29, 0.717) is 72.0 Å². The third-order valence-corrected chi connectivity index (χ3v) is 7.97. The van der Waals surface area contributed by atoms with Gasteiger partial charge >= 0.3 is 0 Å². The van der Waals surface area contributed by atoms with Crippen LogP contribution >= 0.6 is 69.6 Å². The summed E-state index contributed by atoms with van der Waals surface area (Å²) in [4.78, 5) is 26.5. The van der Waals surface area contributed by atoms with E-state index in [4.69, 9.17) is 69.6 Å². The molecule has 2 N–H and O–H groups in total. The number of nitrogens with one attached hydrogen (secondary N) is 2. The smallest absolute Gasteiger partial charge is 0.179 e. The summed E-state index contributed by atoms with van der Waals surface area (Å²) in [5, 5.41) is 7.47. The first-order valence-electron chi connectivity index (χ1n) is 10.9. The Kier molecular flexibility index (Phi) is 8.57. The van der Waals surface area contributed by atoms with Crippen molar-refractivity contribution in [3.05, 3.63) is 59.6 Å². The lowest BCUT2D eigenvalue weighted by atomic mass is 9.95. The van der Waals surface area contributed by atoms with Crippen molar-refractivity contribution in [3.63, 3.8) is 0 Å². The van der Waals surface area contributed by atoms with Crippen molar-refractivity contribution in [2.75, 3.05) is 5.43 Å². The maximum atomic E-state index is 11.8. The quantitative estimate of drug-likeness (QED) is 0.230. The van der Waals surface area contributed by atoms with E-state index in [1.54, 1.807) is 12.1 Å². The first-order valence-corrected chi connectivity index (χ1v) is 13.2. The molecule has 0 atom stereocenters. The first kappa shape index (κ1) is 26.6. The molecule has 1 heterocycles. The lowest BCUT2D eigenvalue weighted by Crippen LogP contribution is -2.19. The van der Waals surface area contributed by atoms with Crippen LogP contribution in [0, 0.1) is 0 Å². The van der Waals surface area contributed by atoms with Crippen LogP contribution in [-0.4, -0.2) is 22.3 Å². The second-order valence-electron chi connectivity index (χ2n) is 8.21. The Morgan fingerprint density at radius 3 is 2.11 bits per heavy atom. The summed E-state index contributed by atoms with van der Waals surface area (Å²) in [7, 11) is 0. The van der Waals surface area contributed by atoms with Crippen LogP contribution in [0.1, 0.15) is 54.6 Å². The minimum absolute atomic E-state index is 0.0879. The van der Waals surface area contributed by atoms with Crippen LogP contribution in [0.3, 0.4) is 0 Å². The lowest BCUT2D eigenvalue weighted by Gasteiger charge is -2.12. The average molecular weight is 594 g/mol. The summed E-state index contributed by atoms with van der Waals surface area (Å²) in [5.74, 6) is 0.204. The number of anilines is 1. The van der Waals surface area contributed by atoms with Crippen LogP contribution < -0.4 is 5.43 Å². The molecule has 5 nitrogen and oxygen atoms in total. The van der Waals surface area contributed by atoms with Gasteiger partial charge in [0.2, 0.25) is 0 Å². The van der Waals surface area contributed by atoms with Crippen LogP contribution in [0.4, 0.5) is 5.69 Å². The van der Waals surface area contributed by atoms with Crippen LogP contribution in [0.25, 0.3) is 10.9 Å². The molecule has 0 unspecified atom stereocenters. The van der Waals surface area contributed by atoms with Gasteiger partial charge in [-0.2, -0.15) is 5.10 Å². The van der Waals surface area contributed by atoms with E-state index >= 15 is 0 Å². The number of H-pyrrole nitrogens is 1. The maximum absolute atomic E-state index is 11.8. The van der Waals surface area contributed by atoms with Gasteiger partial charge in [0.1, 0.15) is 5.71 Å². The summed E-state index contributed by atoms with van der Waals surface area (Å²) in [6.07, 6.45) is 5.44. The van der Waals surface area contributed by atoms with Gasteiger partial charge in [0, 0.05) is 18.2 Å². The number of rotatable bonds is 2. The predicted molar refractivity (Wildman–Crippen MR) is 147 cm³/mol. The number of hydrogen-bond donors (Lipinski definition) is 2. The van der Waals surface area contributed by atoms with Crippen molar-refractivity contribution >= 4 is 103 Å². The van der Waals surface area contributed by atoms with Crippen molar-refractivity contribution in [3.8, 4) is 0 Å². The SMILES string of the molecule is O=C1CCCC/C1=N\Nc1cc(Cl)c(Cl)cc1Cl.O=C1CCCc2c1[nH]c1c(Cl)cc(Cl)c(Cl)c21. The minimum atomic E-state index is 0.0879. The normalized spacial score (nSPS) is 16.8. The number of ketones is 2. The Morgan fingerprint density at radius 1 is 0.714 bits per heavy atom. The van der Waals surface area contributed by atoms with E-state index in [1.165, 1.54) is 6.07 Å². The molecule has 11 heteroatoms. The topological polar surface area (TPSA) is 74.3 Å². The molecule has 2 aliphatic carbocycles. The lowest BCUT2D eigenvalue weighted by molar-refractivity contribution is -0.113. The molecule has 2 aromatic carbocycles. The Morgan fingerprint density at radius 2 is 1.37 bits per heavy atom. The molecule has 0 radical (unpaired) electrons. The van der Waals surface area contributed by atoms with E-state index < -0.39 is 0 Å². The molecular formula is C24H19Cl6N3O2. The van der Waals surface area contributed by atoms with Crippen LogP contribution in [0.2, 0.25) is 30.1 Å². The van der Waals surface area contributed by atoms with E-state index in [2.05, 4.69) is 15.5 Å². The Bertz CT molecular complexity index is 1370. The highest BCUT2D eigenvalue weighted by Crippen LogP contribution is 2.41. The number of nitrogens with zero attached hydrogens (tertiary/aromatic N) is 1. The fourth-order valence-corrected chi connectivity index (χ4v) is 5.44. The highest BCUT2D eigenvalue weighted by molar-refractivity contribution is 6.48. The second-order valence-corrected chi connectivity index (χ2v) is 10.6. The number of aromatic nitrogens is 1. The number of halogens is 6. The summed E-state index contributed by atoms with van der Waals surface area (Å²) >= 11 is 36.0. The molecule has 0 aliphatic heterocycles. The maximum Gasteiger partial charge on any atom is 0.179 e. The molecule has 0 saturated heterocycles. The monoisotopic (exact) mass is 591 g/mol. The Labute approximate surface area is 232 Å². The van der Waals surface area contributed by atoms with Crippen molar-refractivity contribution in [1.82, 2.24) is 4.98 Å². The van der Waals surface area contributed by atoms with Crippen LogP contribution in [0.15, 0.2) is 23.3 Å². The average Bonchev–Trinajstić information content (AvgIpc) is 3.22. The van der Waals surface area contributed by atoms with Crippen molar-refractivity contribution in [2.45, 2.75) is 44.9 Å². The number of Topliss-reactive ketones (excluding diaryl/α,β-unsaturated/α-hetero) is 2. The zero-order valence-electron chi connectivity index (χ0n) is 18.2. The van der Waals surface area contributed by atoms with Crippen LogP contribution in [0.5, 0.6) is 0 Å². The molecule has 3 aromatic rings. The zero-order valence-corrected chi connectivity index (χ0v) is 22.7. The van der Waals surface area contributed by atoms with Gasteiger partial charge < -0.3 is 4.98 Å². The molecule has 0 amide bonds. The number of hydrazone groups is 1. The van der Waals surface area contributed by atoms with Gasteiger partial charge in [-0.25, -0.2) is 0 Å². The van der Waals surface area contributed by atoms with Crippen molar-refractivity contribution in [2.24, 2.45) is 5.10 Å². The Balaban J connectivity index is 0.000000165. The summed E-state index contributed by atoms with van der Waals surface area (Å²) in [5.41, 5.74) is 6.17. The third-order valence-electron chi connectivity index (χ3n) is 5.85. The third kappa shape index (κ3) is 5.76. The fraction of sp³-hybridized carbons (Fsp3) is 0.292. The molecule has 1 aromatic heterocycles. The number of aryl methyl sites for hydroxylation is 1. The van der Waals surface area contributed by atoms with Crippen molar-refractivity contribution < 1.29 is 9.59 Å².